The third-order valence-electron chi connectivity index (χ3n) is 3.97. The van der Waals surface area contributed by atoms with Crippen LogP contribution in [0.3, 0.4) is 0 Å². The molecule has 1 fully saturated rings. The lowest BCUT2D eigenvalue weighted by Crippen LogP contribution is -2.57. The molecule has 0 bridgehead atoms. The molecule has 0 aliphatic carbocycles. The maximum absolute atomic E-state index is 12.0. The Balaban J connectivity index is 2.71. The second-order valence-electron chi connectivity index (χ2n) is 4.95. The van der Waals surface area contributed by atoms with Gasteiger partial charge in [0.1, 0.15) is 5.54 Å². The van der Waals surface area contributed by atoms with Gasteiger partial charge in [0.05, 0.1) is 12.6 Å². The van der Waals surface area contributed by atoms with Crippen LogP contribution < -0.4 is 5.32 Å². The highest BCUT2D eigenvalue weighted by molar-refractivity contribution is 5.84. The van der Waals surface area contributed by atoms with E-state index in [-0.39, 0.29) is 5.91 Å². The summed E-state index contributed by atoms with van der Waals surface area (Å²) in [6.07, 6.45) is 1.93. The van der Waals surface area contributed by atoms with Gasteiger partial charge in [0.2, 0.25) is 5.91 Å². The van der Waals surface area contributed by atoms with Gasteiger partial charge in [-0.2, -0.15) is 0 Å². The zero-order valence-electron chi connectivity index (χ0n) is 11.9. The van der Waals surface area contributed by atoms with Crippen molar-refractivity contribution in [3.05, 3.63) is 0 Å². The van der Waals surface area contributed by atoms with Crippen molar-refractivity contribution in [3.8, 4) is 0 Å². The topological polar surface area (TPSA) is 78.9 Å². The van der Waals surface area contributed by atoms with Crippen molar-refractivity contribution in [2.45, 2.75) is 44.7 Å². The standard InChI is InChI=1S/C13H24N2O4/c1-4-13(12(17)18)6-5-8-15(13)10(2)11(16)14-7-9-19-3/h10H,4-9H2,1-3H3,(H,14,16)(H,17,18). The van der Waals surface area contributed by atoms with Gasteiger partial charge in [-0.3, -0.25) is 14.5 Å². The average molecular weight is 272 g/mol. The van der Waals surface area contributed by atoms with Crippen LogP contribution in [0, 0.1) is 0 Å². The van der Waals surface area contributed by atoms with Gasteiger partial charge in [-0.05, 0) is 26.2 Å². The minimum absolute atomic E-state index is 0.141. The van der Waals surface area contributed by atoms with E-state index in [1.165, 1.54) is 0 Å². The lowest BCUT2D eigenvalue weighted by Gasteiger charge is -2.37. The van der Waals surface area contributed by atoms with E-state index in [9.17, 15) is 14.7 Å². The Labute approximate surface area is 114 Å². The SMILES string of the molecule is CCC1(C(=O)O)CCCN1C(C)C(=O)NCCOC. The van der Waals surface area contributed by atoms with Crippen molar-refractivity contribution in [2.24, 2.45) is 0 Å². The fourth-order valence-electron chi connectivity index (χ4n) is 2.79. The predicted molar refractivity (Wildman–Crippen MR) is 70.9 cm³/mol. The molecular formula is C13H24N2O4. The first-order chi connectivity index (χ1) is 8.99. The smallest absolute Gasteiger partial charge is 0.324 e. The number of likely N-dealkylation sites (tertiary alicyclic amines) is 1. The predicted octanol–water partition coefficient (Wildman–Crippen LogP) is 0.467. The third kappa shape index (κ3) is 3.25. The van der Waals surface area contributed by atoms with E-state index >= 15 is 0 Å². The molecule has 0 radical (unpaired) electrons. The zero-order valence-corrected chi connectivity index (χ0v) is 11.9. The van der Waals surface area contributed by atoms with Crippen molar-refractivity contribution in [3.63, 3.8) is 0 Å². The second kappa shape index (κ2) is 6.86. The molecule has 6 heteroatoms. The highest BCUT2D eigenvalue weighted by Crippen LogP contribution is 2.34. The van der Waals surface area contributed by atoms with E-state index in [1.54, 1.807) is 14.0 Å². The molecule has 1 aliphatic heterocycles. The number of methoxy groups -OCH3 is 1. The van der Waals surface area contributed by atoms with Crippen LogP contribution in [-0.4, -0.2) is 60.3 Å². The summed E-state index contributed by atoms with van der Waals surface area (Å²) in [6.45, 7) is 5.18. The number of carboxylic acid groups (broad SMARTS) is 1. The molecule has 1 saturated heterocycles. The highest BCUT2D eigenvalue weighted by Gasteiger charge is 2.49. The number of nitrogens with one attached hydrogen (secondary N) is 1. The van der Waals surface area contributed by atoms with E-state index in [0.29, 0.717) is 32.5 Å². The molecule has 110 valence electrons. The summed E-state index contributed by atoms with van der Waals surface area (Å²) in [7, 11) is 1.57. The van der Waals surface area contributed by atoms with Crippen LogP contribution in [0.2, 0.25) is 0 Å². The van der Waals surface area contributed by atoms with E-state index in [0.717, 1.165) is 6.42 Å². The summed E-state index contributed by atoms with van der Waals surface area (Å²) < 4.78 is 4.88. The number of amides is 1. The summed E-state index contributed by atoms with van der Waals surface area (Å²) >= 11 is 0. The number of aliphatic carboxylic acids is 1. The van der Waals surface area contributed by atoms with Crippen LogP contribution in [-0.2, 0) is 14.3 Å². The first-order valence-electron chi connectivity index (χ1n) is 6.76. The summed E-state index contributed by atoms with van der Waals surface area (Å²) in [5, 5.41) is 12.2. The largest absolute Gasteiger partial charge is 0.480 e. The van der Waals surface area contributed by atoms with Crippen LogP contribution in [0.5, 0.6) is 0 Å². The first kappa shape index (κ1) is 15.9. The van der Waals surface area contributed by atoms with E-state index < -0.39 is 17.6 Å². The Morgan fingerprint density at radius 3 is 2.74 bits per heavy atom. The quantitative estimate of drug-likeness (QED) is 0.659. The number of carbonyl (C=O) groups excluding carboxylic acids is 1. The van der Waals surface area contributed by atoms with Crippen molar-refractivity contribution < 1.29 is 19.4 Å². The molecule has 1 rings (SSSR count). The van der Waals surface area contributed by atoms with Gasteiger partial charge in [0, 0.05) is 20.2 Å². The molecule has 2 N–H and O–H groups in total. The van der Waals surface area contributed by atoms with Gasteiger partial charge in [-0.1, -0.05) is 6.92 Å². The molecule has 0 aromatic carbocycles. The molecule has 0 aromatic heterocycles. The lowest BCUT2D eigenvalue weighted by atomic mass is 9.92. The molecule has 0 aromatic rings. The second-order valence-corrected chi connectivity index (χ2v) is 4.95. The molecule has 2 unspecified atom stereocenters. The first-order valence-corrected chi connectivity index (χ1v) is 6.76. The molecule has 0 spiro atoms. The van der Waals surface area contributed by atoms with Crippen LogP contribution >= 0.6 is 0 Å². The fourth-order valence-corrected chi connectivity index (χ4v) is 2.79. The number of hydrogen-bond acceptors (Lipinski definition) is 4. The maximum atomic E-state index is 12.0. The minimum Gasteiger partial charge on any atom is -0.480 e. The molecule has 19 heavy (non-hydrogen) atoms. The maximum Gasteiger partial charge on any atom is 0.324 e. The van der Waals surface area contributed by atoms with Crippen molar-refractivity contribution in [2.75, 3.05) is 26.8 Å². The molecule has 6 nitrogen and oxygen atoms in total. The van der Waals surface area contributed by atoms with Crippen molar-refractivity contribution in [1.29, 1.82) is 0 Å². The number of ether oxygens (including phenoxy) is 1. The normalized spacial score (nSPS) is 25.2. The Bertz CT molecular complexity index is 335. The van der Waals surface area contributed by atoms with E-state index in [1.807, 2.05) is 11.8 Å². The molecule has 1 heterocycles. The Hall–Kier alpha value is -1.14. The molecule has 1 aliphatic rings. The van der Waals surface area contributed by atoms with Gasteiger partial charge < -0.3 is 15.2 Å². The van der Waals surface area contributed by atoms with Crippen LogP contribution in [0.1, 0.15) is 33.1 Å². The van der Waals surface area contributed by atoms with Crippen molar-refractivity contribution in [1.82, 2.24) is 10.2 Å². The number of carbonyl (C=O) groups is 2. The number of nitrogens with zero attached hydrogens (tertiary/aromatic N) is 1. The van der Waals surface area contributed by atoms with Gasteiger partial charge >= 0.3 is 5.97 Å². The lowest BCUT2D eigenvalue weighted by molar-refractivity contribution is -0.152. The van der Waals surface area contributed by atoms with E-state index in [4.69, 9.17) is 4.74 Å². The highest BCUT2D eigenvalue weighted by atomic mass is 16.5. The van der Waals surface area contributed by atoms with Crippen molar-refractivity contribution >= 4 is 11.9 Å². The minimum atomic E-state index is -0.891. The van der Waals surface area contributed by atoms with Gasteiger partial charge in [0.15, 0.2) is 0 Å². The molecule has 0 saturated carbocycles. The monoisotopic (exact) mass is 272 g/mol. The van der Waals surface area contributed by atoms with Gasteiger partial charge in [-0.15, -0.1) is 0 Å². The van der Waals surface area contributed by atoms with Crippen LogP contribution in [0.15, 0.2) is 0 Å². The Morgan fingerprint density at radius 2 is 2.21 bits per heavy atom. The molecular weight excluding hydrogens is 248 g/mol. The molecule has 1 amide bonds. The third-order valence-corrected chi connectivity index (χ3v) is 3.97. The zero-order chi connectivity index (χ0) is 14.5. The Morgan fingerprint density at radius 1 is 1.53 bits per heavy atom. The van der Waals surface area contributed by atoms with Crippen LogP contribution in [0.4, 0.5) is 0 Å². The summed E-state index contributed by atoms with van der Waals surface area (Å²) in [5.74, 6) is -0.970. The van der Waals surface area contributed by atoms with Crippen LogP contribution in [0.25, 0.3) is 0 Å². The van der Waals surface area contributed by atoms with Gasteiger partial charge in [0.25, 0.3) is 0 Å². The molecule has 2 atom stereocenters. The number of hydrogen-bond donors (Lipinski definition) is 2. The van der Waals surface area contributed by atoms with Gasteiger partial charge in [-0.25, -0.2) is 0 Å². The summed E-state index contributed by atoms with van der Waals surface area (Å²) in [4.78, 5) is 25.4. The summed E-state index contributed by atoms with van der Waals surface area (Å²) in [5.41, 5.74) is -0.891. The van der Waals surface area contributed by atoms with E-state index in [2.05, 4.69) is 5.32 Å². The number of rotatable bonds is 7. The summed E-state index contributed by atoms with van der Waals surface area (Å²) in [6, 6.07) is -0.435. The average Bonchev–Trinajstić information content (AvgIpc) is 2.82. The number of carboxylic acids is 1. The fraction of sp³-hybridized carbons (Fsp3) is 0.846. The Kier molecular flexibility index (Phi) is 5.75.